The van der Waals surface area contributed by atoms with Gasteiger partial charge in [-0.05, 0) is 91.3 Å². The van der Waals surface area contributed by atoms with Gasteiger partial charge in [-0.3, -0.25) is 14.4 Å². The third-order valence-corrected chi connectivity index (χ3v) is 7.72. The normalized spacial score (nSPS) is 12.9. The summed E-state index contributed by atoms with van der Waals surface area (Å²) in [7, 11) is 3.06. The first-order valence-electron chi connectivity index (χ1n) is 12.8. The van der Waals surface area contributed by atoms with Crippen LogP contribution in [0.25, 0.3) is 0 Å². The van der Waals surface area contributed by atoms with E-state index in [0.717, 1.165) is 22.2 Å². The van der Waals surface area contributed by atoms with Gasteiger partial charge in [-0.25, -0.2) is 4.90 Å². The molecule has 0 bridgehead atoms. The minimum atomic E-state index is -0.519. The Morgan fingerprint density at radius 3 is 2.26 bits per heavy atom. The Hall–Kier alpha value is -4.73. The molecule has 0 aliphatic carbocycles. The molecule has 0 radical (unpaired) electrons. The van der Waals surface area contributed by atoms with Crippen molar-refractivity contribution in [1.82, 2.24) is 0 Å². The lowest BCUT2D eigenvalue weighted by Gasteiger charge is -2.19. The van der Waals surface area contributed by atoms with E-state index in [0.29, 0.717) is 44.0 Å². The molecule has 2 N–H and O–H groups in total. The monoisotopic (exact) mass is 599 g/mol. The molecule has 0 atom stereocenters. The summed E-state index contributed by atoms with van der Waals surface area (Å²) in [5, 5.41) is 6.53. The van der Waals surface area contributed by atoms with E-state index in [1.54, 1.807) is 92.0 Å². The summed E-state index contributed by atoms with van der Waals surface area (Å²) >= 11 is 7.06. The minimum absolute atomic E-state index is 0.120. The topological polar surface area (TPSA) is 97.0 Å². The number of rotatable bonds is 9. The Morgan fingerprint density at radius 2 is 1.57 bits per heavy atom. The molecule has 4 aromatic rings. The van der Waals surface area contributed by atoms with E-state index in [4.69, 9.17) is 21.1 Å². The van der Waals surface area contributed by atoms with Crippen LogP contribution in [-0.4, -0.2) is 31.9 Å². The first-order chi connectivity index (χ1) is 20.3. The number of nitrogens with zero attached hydrogens (tertiary/aromatic N) is 1. The third-order valence-electron chi connectivity index (χ3n) is 6.39. The molecule has 0 fully saturated rings. The fourth-order valence-corrected chi connectivity index (χ4v) is 5.40. The van der Waals surface area contributed by atoms with Crippen LogP contribution in [0.4, 0.5) is 17.1 Å². The highest BCUT2D eigenvalue weighted by atomic mass is 35.5. The second-order valence-corrected chi connectivity index (χ2v) is 10.8. The molecule has 8 nitrogen and oxygen atoms in total. The molecule has 0 spiro atoms. The minimum Gasteiger partial charge on any atom is -0.497 e. The van der Waals surface area contributed by atoms with Crippen molar-refractivity contribution in [1.29, 1.82) is 0 Å². The van der Waals surface area contributed by atoms with Gasteiger partial charge in [-0.2, -0.15) is 0 Å². The van der Waals surface area contributed by atoms with Crippen LogP contribution < -0.4 is 25.0 Å². The fourth-order valence-electron chi connectivity index (χ4n) is 4.29. The maximum atomic E-state index is 13.9. The van der Waals surface area contributed by atoms with Gasteiger partial charge in [0.1, 0.15) is 22.1 Å². The maximum absolute atomic E-state index is 13.9. The molecule has 1 aliphatic heterocycles. The third kappa shape index (κ3) is 6.12. The number of ether oxygens (including phenoxy) is 2. The summed E-state index contributed by atoms with van der Waals surface area (Å²) in [6.07, 6.45) is 0. The average molecular weight is 600 g/mol. The fraction of sp³-hybridized carbons (Fsp3) is 0.0938. The van der Waals surface area contributed by atoms with Gasteiger partial charge >= 0.3 is 0 Å². The Balaban J connectivity index is 1.48. The SMILES string of the molecule is COc1ccc(NC2=C(Sc3cccc(NC(=O)c4ccc(Cl)cc4)c3)C(=O)N(c3cc(C)ccc3OC)C2=O)cc1. The maximum Gasteiger partial charge on any atom is 0.283 e. The smallest absolute Gasteiger partial charge is 0.283 e. The van der Waals surface area contributed by atoms with Gasteiger partial charge in [0.05, 0.1) is 19.9 Å². The molecule has 5 rings (SSSR count). The molecule has 0 saturated carbocycles. The number of halogens is 1. The van der Waals surface area contributed by atoms with Gasteiger partial charge in [-0.1, -0.05) is 35.5 Å². The molecule has 0 saturated heterocycles. The van der Waals surface area contributed by atoms with E-state index in [1.165, 1.54) is 7.11 Å². The zero-order valence-electron chi connectivity index (χ0n) is 22.9. The number of methoxy groups -OCH3 is 2. The van der Waals surface area contributed by atoms with Gasteiger partial charge in [-0.15, -0.1) is 0 Å². The summed E-state index contributed by atoms with van der Waals surface area (Å²) < 4.78 is 10.7. The zero-order valence-corrected chi connectivity index (χ0v) is 24.5. The summed E-state index contributed by atoms with van der Waals surface area (Å²) in [6.45, 7) is 1.87. The summed E-state index contributed by atoms with van der Waals surface area (Å²) in [5.74, 6) is -0.277. The van der Waals surface area contributed by atoms with Gasteiger partial charge in [0.2, 0.25) is 0 Å². The number of carbonyl (C=O) groups is 3. The lowest BCUT2D eigenvalue weighted by Crippen LogP contribution is -2.32. The molecular formula is C32H26ClN3O5S. The van der Waals surface area contributed by atoms with Gasteiger partial charge in [0.25, 0.3) is 17.7 Å². The van der Waals surface area contributed by atoms with Crippen LogP contribution in [0.2, 0.25) is 5.02 Å². The molecule has 42 heavy (non-hydrogen) atoms. The van der Waals surface area contributed by atoms with Crippen molar-refractivity contribution in [3.05, 3.63) is 118 Å². The highest BCUT2D eigenvalue weighted by Gasteiger charge is 2.41. The van der Waals surface area contributed by atoms with Crippen LogP contribution in [0.5, 0.6) is 11.5 Å². The number of nitrogens with one attached hydrogen (secondary N) is 2. The summed E-state index contributed by atoms with van der Waals surface area (Å²) in [6, 6.07) is 25.9. The Kier molecular flexibility index (Phi) is 8.51. The lowest BCUT2D eigenvalue weighted by atomic mass is 10.2. The number of benzene rings is 4. The van der Waals surface area contributed by atoms with E-state index in [2.05, 4.69) is 10.6 Å². The van der Waals surface area contributed by atoms with E-state index in [1.807, 2.05) is 13.0 Å². The molecule has 0 unspecified atom stereocenters. The van der Waals surface area contributed by atoms with Gasteiger partial charge in [0, 0.05) is 26.9 Å². The largest absolute Gasteiger partial charge is 0.497 e. The highest BCUT2D eigenvalue weighted by Crippen LogP contribution is 2.41. The predicted octanol–water partition coefficient (Wildman–Crippen LogP) is 6.91. The van der Waals surface area contributed by atoms with Crippen LogP contribution in [0, 0.1) is 6.92 Å². The zero-order chi connectivity index (χ0) is 29.8. The van der Waals surface area contributed by atoms with Crippen molar-refractivity contribution in [2.75, 3.05) is 29.8 Å². The number of carbonyl (C=O) groups excluding carboxylic acids is 3. The van der Waals surface area contributed by atoms with Crippen LogP contribution >= 0.6 is 23.4 Å². The van der Waals surface area contributed by atoms with E-state index >= 15 is 0 Å². The van der Waals surface area contributed by atoms with Crippen LogP contribution in [0.15, 0.2) is 106 Å². The van der Waals surface area contributed by atoms with E-state index < -0.39 is 11.8 Å². The molecular weight excluding hydrogens is 574 g/mol. The van der Waals surface area contributed by atoms with Crippen molar-refractivity contribution in [3.63, 3.8) is 0 Å². The van der Waals surface area contributed by atoms with Crippen LogP contribution in [-0.2, 0) is 9.59 Å². The van der Waals surface area contributed by atoms with Crippen molar-refractivity contribution in [2.24, 2.45) is 0 Å². The number of hydrogen-bond donors (Lipinski definition) is 2. The predicted molar refractivity (Wildman–Crippen MR) is 166 cm³/mol. The van der Waals surface area contributed by atoms with Crippen molar-refractivity contribution >= 4 is 58.1 Å². The Morgan fingerprint density at radius 1 is 0.833 bits per heavy atom. The average Bonchev–Trinajstić information content (AvgIpc) is 3.21. The molecule has 212 valence electrons. The Bertz CT molecular complexity index is 1700. The van der Waals surface area contributed by atoms with Crippen molar-refractivity contribution in [2.45, 2.75) is 11.8 Å². The quantitative estimate of drug-likeness (QED) is 0.202. The number of thioether (sulfide) groups is 1. The standard InChI is InChI=1S/C32H26ClN3O5S/c1-19-7-16-27(41-3)26(17-19)36-31(38)28(34-22-12-14-24(40-2)15-13-22)29(32(36)39)42-25-6-4-5-23(18-25)35-30(37)20-8-10-21(33)11-9-20/h4-18,34H,1-3H3,(H,35,37). The number of aryl methyl sites for hydroxylation is 1. The summed E-state index contributed by atoms with van der Waals surface area (Å²) in [5.41, 5.74) is 2.91. The number of anilines is 3. The first-order valence-corrected chi connectivity index (χ1v) is 14.0. The lowest BCUT2D eigenvalue weighted by molar-refractivity contribution is -0.120. The second kappa shape index (κ2) is 12.4. The van der Waals surface area contributed by atoms with Crippen molar-refractivity contribution < 1.29 is 23.9 Å². The Labute approximate surface area is 252 Å². The highest BCUT2D eigenvalue weighted by molar-refractivity contribution is 8.04. The molecule has 3 amide bonds. The van der Waals surface area contributed by atoms with E-state index in [9.17, 15) is 14.4 Å². The van der Waals surface area contributed by atoms with Gasteiger partial charge < -0.3 is 20.1 Å². The van der Waals surface area contributed by atoms with Crippen LogP contribution in [0.3, 0.4) is 0 Å². The molecule has 0 aromatic heterocycles. The van der Waals surface area contributed by atoms with Gasteiger partial charge in [0.15, 0.2) is 0 Å². The second-order valence-electron chi connectivity index (χ2n) is 9.27. The summed E-state index contributed by atoms with van der Waals surface area (Å²) in [4.78, 5) is 42.5. The number of amides is 3. The first kappa shape index (κ1) is 28.8. The number of imide groups is 1. The molecule has 1 aliphatic rings. The molecule has 4 aromatic carbocycles. The van der Waals surface area contributed by atoms with Crippen molar-refractivity contribution in [3.8, 4) is 11.5 Å². The molecule has 10 heteroatoms. The molecule has 1 heterocycles. The van der Waals surface area contributed by atoms with E-state index in [-0.39, 0.29) is 16.5 Å². The van der Waals surface area contributed by atoms with Crippen LogP contribution in [0.1, 0.15) is 15.9 Å². The number of hydrogen-bond acceptors (Lipinski definition) is 7.